The molecule has 1 aromatic heterocycles. The van der Waals surface area contributed by atoms with Gasteiger partial charge in [-0.2, -0.15) is 0 Å². The number of H-pyrrole nitrogens is 1. The molecule has 5 heteroatoms. The molecule has 2 heterocycles. The van der Waals surface area contributed by atoms with Gasteiger partial charge in [-0.3, -0.25) is 9.59 Å². The zero-order valence-electron chi connectivity index (χ0n) is 15.7. The molecule has 0 aliphatic carbocycles. The number of pyridine rings is 1. The molecule has 0 spiro atoms. The average Bonchev–Trinajstić information content (AvgIpc) is 2.59. The van der Waals surface area contributed by atoms with Crippen LogP contribution in [0.25, 0.3) is 0 Å². The summed E-state index contributed by atoms with van der Waals surface area (Å²) in [4.78, 5) is 30.0. The Labute approximate surface area is 154 Å². The molecule has 0 saturated carbocycles. The molecule has 0 unspecified atom stereocenters. The van der Waals surface area contributed by atoms with Crippen LogP contribution < -0.4 is 10.2 Å². The number of amides is 1. The Morgan fingerprint density at radius 3 is 2.81 bits per heavy atom. The van der Waals surface area contributed by atoms with Crippen molar-refractivity contribution in [3.63, 3.8) is 0 Å². The number of carbonyl (C=O) groups is 1. The van der Waals surface area contributed by atoms with E-state index in [1.807, 2.05) is 38.1 Å². The maximum Gasteiger partial charge on any atom is 0.259 e. The fourth-order valence-electron chi connectivity index (χ4n) is 3.58. The van der Waals surface area contributed by atoms with Crippen LogP contribution >= 0.6 is 0 Å². The summed E-state index contributed by atoms with van der Waals surface area (Å²) >= 11 is 0. The molecule has 1 aliphatic heterocycles. The summed E-state index contributed by atoms with van der Waals surface area (Å²) in [5.74, 6) is 0.960. The number of carbonyl (C=O) groups excluding carboxylic acids is 1. The number of aromatic amines is 1. The number of ether oxygens (including phenoxy) is 1. The molecule has 1 N–H and O–H groups in total. The molecule has 0 radical (unpaired) electrons. The second-order valence-corrected chi connectivity index (χ2v) is 7.20. The van der Waals surface area contributed by atoms with Crippen LogP contribution in [-0.4, -0.2) is 35.5 Å². The lowest BCUT2D eigenvalue weighted by Gasteiger charge is -2.32. The van der Waals surface area contributed by atoms with E-state index in [1.165, 1.54) is 6.07 Å². The first-order chi connectivity index (χ1) is 12.4. The number of hydrogen-bond acceptors (Lipinski definition) is 3. The van der Waals surface area contributed by atoms with Crippen molar-refractivity contribution in [3.05, 3.63) is 63.1 Å². The number of benzene rings is 1. The molecule has 5 nitrogen and oxygen atoms in total. The van der Waals surface area contributed by atoms with Gasteiger partial charge in [-0.05, 0) is 51.3 Å². The Kier molecular flexibility index (Phi) is 5.45. The molecular weight excluding hydrogens is 328 g/mol. The third kappa shape index (κ3) is 4.15. The van der Waals surface area contributed by atoms with Gasteiger partial charge in [0.1, 0.15) is 11.3 Å². The zero-order valence-corrected chi connectivity index (χ0v) is 15.7. The van der Waals surface area contributed by atoms with Gasteiger partial charge >= 0.3 is 0 Å². The van der Waals surface area contributed by atoms with E-state index >= 15 is 0 Å². The third-order valence-electron chi connectivity index (χ3n) is 4.85. The topological polar surface area (TPSA) is 62.4 Å². The Balaban J connectivity index is 1.66. The minimum atomic E-state index is -0.207. The second kappa shape index (κ2) is 7.77. The van der Waals surface area contributed by atoms with Gasteiger partial charge in [0.15, 0.2) is 5.43 Å². The number of nitrogens with one attached hydrogen (secondary N) is 1. The van der Waals surface area contributed by atoms with Crippen LogP contribution in [0.4, 0.5) is 0 Å². The summed E-state index contributed by atoms with van der Waals surface area (Å²) in [6, 6.07) is 9.47. The quantitative estimate of drug-likeness (QED) is 0.917. The van der Waals surface area contributed by atoms with E-state index in [0.29, 0.717) is 25.4 Å². The fourth-order valence-corrected chi connectivity index (χ4v) is 3.58. The van der Waals surface area contributed by atoms with Gasteiger partial charge in [0.05, 0.1) is 6.61 Å². The van der Waals surface area contributed by atoms with Crippen LogP contribution in [0, 0.1) is 26.7 Å². The van der Waals surface area contributed by atoms with Crippen molar-refractivity contribution in [3.8, 4) is 5.75 Å². The largest absolute Gasteiger partial charge is 0.493 e. The normalized spacial score (nSPS) is 17.2. The molecule has 1 fully saturated rings. The summed E-state index contributed by atoms with van der Waals surface area (Å²) in [6.07, 6.45) is 1.95. The summed E-state index contributed by atoms with van der Waals surface area (Å²) in [6.45, 7) is 7.53. The highest BCUT2D eigenvalue weighted by atomic mass is 16.5. The molecule has 0 bridgehead atoms. The van der Waals surface area contributed by atoms with Gasteiger partial charge in [0, 0.05) is 36.5 Å². The van der Waals surface area contributed by atoms with E-state index in [1.54, 1.807) is 11.8 Å². The first-order valence-corrected chi connectivity index (χ1v) is 9.13. The number of nitrogens with zero attached hydrogens (tertiary/aromatic N) is 1. The van der Waals surface area contributed by atoms with Gasteiger partial charge in [-0.15, -0.1) is 0 Å². The lowest BCUT2D eigenvalue weighted by Crippen LogP contribution is -2.43. The van der Waals surface area contributed by atoms with Crippen molar-refractivity contribution < 1.29 is 9.53 Å². The highest BCUT2D eigenvalue weighted by Crippen LogP contribution is 2.21. The van der Waals surface area contributed by atoms with Gasteiger partial charge in [0.2, 0.25) is 0 Å². The summed E-state index contributed by atoms with van der Waals surface area (Å²) in [7, 11) is 0. The number of aromatic nitrogens is 1. The van der Waals surface area contributed by atoms with E-state index in [9.17, 15) is 9.59 Å². The minimum Gasteiger partial charge on any atom is -0.493 e. The Hall–Kier alpha value is -2.56. The van der Waals surface area contributed by atoms with Gasteiger partial charge in [-0.1, -0.05) is 12.1 Å². The van der Waals surface area contributed by atoms with E-state index in [2.05, 4.69) is 4.98 Å². The van der Waals surface area contributed by atoms with Crippen LogP contribution in [0.2, 0.25) is 0 Å². The van der Waals surface area contributed by atoms with Crippen LogP contribution in [0.3, 0.4) is 0 Å². The second-order valence-electron chi connectivity index (χ2n) is 7.20. The smallest absolute Gasteiger partial charge is 0.259 e. The van der Waals surface area contributed by atoms with E-state index in [-0.39, 0.29) is 22.8 Å². The van der Waals surface area contributed by atoms with Crippen molar-refractivity contribution in [2.45, 2.75) is 33.6 Å². The highest BCUT2D eigenvalue weighted by molar-refractivity contribution is 5.95. The third-order valence-corrected chi connectivity index (χ3v) is 4.85. The van der Waals surface area contributed by atoms with Gasteiger partial charge < -0.3 is 14.6 Å². The fraction of sp³-hybridized carbons (Fsp3) is 0.429. The Morgan fingerprint density at radius 2 is 2.08 bits per heavy atom. The first kappa shape index (κ1) is 18.2. The maximum absolute atomic E-state index is 12.9. The predicted octanol–water partition coefficient (Wildman–Crippen LogP) is 3.23. The lowest BCUT2D eigenvalue weighted by molar-refractivity contribution is 0.0631. The molecule has 1 aromatic carbocycles. The van der Waals surface area contributed by atoms with Gasteiger partial charge in [0.25, 0.3) is 5.91 Å². The molecule has 26 heavy (non-hydrogen) atoms. The standard InChI is InChI=1S/C21H26N2O3/c1-14-6-4-8-18(10-14)26-13-17-7-5-9-23(12-17)21(25)20-16(3)22-15(2)11-19(20)24/h4,6,8,10-11,17H,5,7,9,12-13H2,1-3H3,(H,22,24)/t17-/m1/s1. The van der Waals surface area contributed by atoms with Crippen LogP contribution in [-0.2, 0) is 0 Å². The summed E-state index contributed by atoms with van der Waals surface area (Å²) < 4.78 is 5.92. The van der Waals surface area contributed by atoms with Crippen LogP contribution in [0.15, 0.2) is 35.1 Å². The molecule has 1 aliphatic rings. The van der Waals surface area contributed by atoms with E-state index in [0.717, 1.165) is 29.8 Å². The van der Waals surface area contributed by atoms with E-state index < -0.39 is 0 Å². The molecule has 1 atom stereocenters. The average molecular weight is 354 g/mol. The number of piperidine rings is 1. The number of hydrogen-bond donors (Lipinski definition) is 1. The highest BCUT2D eigenvalue weighted by Gasteiger charge is 2.27. The van der Waals surface area contributed by atoms with Crippen molar-refractivity contribution >= 4 is 5.91 Å². The Bertz CT molecular complexity index is 857. The van der Waals surface area contributed by atoms with Crippen LogP contribution in [0.1, 0.15) is 40.2 Å². The molecular formula is C21H26N2O3. The molecule has 2 aromatic rings. The summed E-state index contributed by atoms with van der Waals surface area (Å²) in [5, 5.41) is 0. The lowest BCUT2D eigenvalue weighted by atomic mass is 9.98. The Morgan fingerprint density at radius 1 is 1.27 bits per heavy atom. The SMILES string of the molecule is Cc1cccc(OC[C@@H]2CCCN(C(=O)c3c(C)[nH]c(C)cc3=O)C2)c1. The molecule has 1 amide bonds. The van der Waals surface area contributed by atoms with Crippen molar-refractivity contribution in [2.24, 2.45) is 5.92 Å². The predicted molar refractivity (Wildman–Crippen MR) is 102 cm³/mol. The maximum atomic E-state index is 12.9. The molecule has 1 saturated heterocycles. The molecule has 138 valence electrons. The summed E-state index contributed by atoms with van der Waals surface area (Å²) in [5.41, 5.74) is 2.63. The number of rotatable bonds is 4. The van der Waals surface area contributed by atoms with Gasteiger partial charge in [-0.25, -0.2) is 0 Å². The van der Waals surface area contributed by atoms with Crippen LogP contribution in [0.5, 0.6) is 5.75 Å². The van der Waals surface area contributed by atoms with Crippen molar-refractivity contribution in [1.29, 1.82) is 0 Å². The van der Waals surface area contributed by atoms with Crippen molar-refractivity contribution in [1.82, 2.24) is 9.88 Å². The minimum absolute atomic E-state index is 0.177. The number of likely N-dealkylation sites (tertiary alicyclic amines) is 1. The molecule has 3 rings (SSSR count). The first-order valence-electron chi connectivity index (χ1n) is 9.13. The van der Waals surface area contributed by atoms with E-state index in [4.69, 9.17) is 4.74 Å². The monoisotopic (exact) mass is 354 g/mol. The number of aryl methyl sites for hydroxylation is 3. The zero-order chi connectivity index (χ0) is 18.7. The van der Waals surface area contributed by atoms with Crippen molar-refractivity contribution in [2.75, 3.05) is 19.7 Å².